The lowest BCUT2D eigenvalue weighted by molar-refractivity contribution is 0.518. The molecule has 0 radical (unpaired) electrons. The predicted octanol–water partition coefficient (Wildman–Crippen LogP) is 5.77. The van der Waals surface area contributed by atoms with E-state index < -0.39 is 0 Å². The van der Waals surface area contributed by atoms with Gasteiger partial charge in [0.2, 0.25) is 0 Å². The normalized spacial score (nSPS) is 12.4. The molecule has 2 rings (SSSR count). The first kappa shape index (κ1) is 16.1. The first-order chi connectivity index (χ1) is 10.2. The van der Waals surface area contributed by atoms with Gasteiger partial charge in [-0.25, -0.2) is 0 Å². The summed E-state index contributed by atoms with van der Waals surface area (Å²) in [5.41, 5.74) is 4.87. The number of aryl methyl sites for hydroxylation is 1. The van der Waals surface area contributed by atoms with Gasteiger partial charge in [0, 0.05) is 11.1 Å². The van der Waals surface area contributed by atoms with Gasteiger partial charge in [0.05, 0.1) is 0 Å². The van der Waals surface area contributed by atoms with Gasteiger partial charge < -0.3 is 5.32 Å². The maximum Gasteiger partial charge on any atom is 0.0441 e. The highest BCUT2D eigenvalue weighted by Crippen LogP contribution is 2.28. The van der Waals surface area contributed by atoms with Gasteiger partial charge in [-0.05, 0) is 60.7 Å². The lowest BCUT2D eigenvalue weighted by Gasteiger charge is -2.18. The van der Waals surface area contributed by atoms with Gasteiger partial charge in [-0.3, -0.25) is 0 Å². The molecule has 0 saturated carbocycles. The highest BCUT2D eigenvalue weighted by Gasteiger charge is 2.09. The number of rotatable bonds is 6. The van der Waals surface area contributed by atoms with Crippen LogP contribution in [0, 0.1) is 6.92 Å². The van der Waals surface area contributed by atoms with Crippen LogP contribution in [0.15, 0.2) is 42.5 Å². The number of halogens is 1. The van der Waals surface area contributed by atoms with Gasteiger partial charge in [-0.15, -0.1) is 0 Å². The Morgan fingerprint density at radius 2 is 1.81 bits per heavy atom. The van der Waals surface area contributed by atoms with Crippen LogP contribution in [-0.4, -0.2) is 6.54 Å². The van der Waals surface area contributed by atoms with E-state index in [0.717, 1.165) is 30.0 Å². The number of hydrogen-bond donors (Lipinski definition) is 1. The average molecular weight is 302 g/mol. The molecule has 21 heavy (non-hydrogen) atoms. The fraction of sp³-hybridized carbons (Fsp3) is 0.368. The minimum Gasteiger partial charge on any atom is -0.310 e. The highest BCUT2D eigenvalue weighted by molar-refractivity contribution is 6.31. The van der Waals surface area contributed by atoms with Crippen molar-refractivity contribution in [1.29, 1.82) is 0 Å². The Kier molecular flexibility index (Phi) is 5.84. The molecule has 2 aromatic carbocycles. The molecule has 0 bridgehead atoms. The third-order valence-electron chi connectivity index (χ3n) is 3.84. The van der Waals surface area contributed by atoms with Crippen LogP contribution in [0.2, 0.25) is 5.02 Å². The molecule has 0 heterocycles. The maximum absolute atomic E-state index is 6.25. The second-order valence-corrected chi connectivity index (χ2v) is 5.91. The van der Waals surface area contributed by atoms with Crippen LogP contribution in [0.5, 0.6) is 0 Å². The van der Waals surface area contributed by atoms with Crippen molar-refractivity contribution in [3.63, 3.8) is 0 Å². The van der Waals surface area contributed by atoms with Crippen molar-refractivity contribution in [2.45, 2.75) is 39.7 Å². The SMILES string of the molecule is CCCNC(CC)c1cccc(-c2ccc(C)c(Cl)c2)c1. The van der Waals surface area contributed by atoms with Gasteiger partial charge in [-0.2, -0.15) is 0 Å². The van der Waals surface area contributed by atoms with Crippen LogP contribution in [0.1, 0.15) is 43.9 Å². The van der Waals surface area contributed by atoms with Crippen molar-refractivity contribution in [3.05, 3.63) is 58.6 Å². The summed E-state index contributed by atoms with van der Waals surface area (Å²) in [6.45, 7) is 7.51. The molecule has 0 aliphatic carbocycles. The molecule has 1 atom stereocenters. The summed E-state index contributed by atoms with van der Waals surface area (Å²) in [6, 6.07) is 15.5. The summed E-state index contributed by atoms with van der Waals surface area (Å²) in [4.78, 5) is 0. The Bertz CT molecular complexity index is 592. The second kappa shape index (κ2) is 7.63. The molecule has 0 aromatic heterocycles. The quantitative estimate of drug-likeness (QED) is 0.714. The standard InChI is InChI=1S/C19H24ClN/c1-4-11-21-19(5-2)17-8-6-7-15(12-17)16-10-9-14(3)18(20)13-16/h6-10,12-13,19,21H,4-5,11H2,1-3H3. The molecule has 112 valence electrons. The summed E-state index contributed by atoms with van der Waals surface area (Å²) in [5, 5.41) is 4.44. The van der Waals surface area contributed by atoms with Crippen molar-refractivity contribution >= 4 is 11.6 Å². The molecular formula is C19H24ClN. The molecule has 1 unspecified atom stereocenters. The van der Waals surface area contributed by atoms with E-state index in [-0.39, 0.29) is 0 Å². The number of hydrogen-bond acceptors (Lipinski definition) is 1. The summed E-state index contributed by atoms with van der Waals surface area (Å²) >= 11 is 6.25. The fourth-order valence-electron chi connectivity index (χ4n) is 2.52. The molecule has 2 heteroatoms. The van der Waals surface area contributed by atoms with E-state index in [1.54, 1.807) is 0 Å². The molecular weight excluding hydrogens is 278 g/mol. The minimum atomic E-state index is 0.422. The monoisotopic (exact) mass is 301 g/mol. The number of nitrogens with one attached hydrogen (secondary N) is 1. The Morgan fingerprint density at radius 1 is 1.05 bits per heavy atom. The van der Waals surface area contributed by atoms with Gasteiger partial charge in [-0.1, -0.05) is 55.8 Å². The molecule has 0 saturated heterocycles. The van der Waals surface area contributed by atoms with Gasteiger partial charge in [0.1, 0.15) is 0 Å². The lowest BCUT2D eigenvalue weighted by atomic mass is 9.97. The van der Waals surface area contributed by atoms with E-state index in [1.807, 2.05) is 6.92 Å². The molecule has 2 aromatic rings. The summed E-state index contributed by atoms with van der Waals surface area (Å²) in [6.07, 6.45) is 2.25. The average Bonchev–Trinajstić information content (AvgIpc) is 2.51. The Balaban J connectivity index is 2.29. The van der Waals surface area contributed by atoms with E-state index in [4.69, 9.17) is 11.6 Å². The molecule has 0 fully saturated rings. The van der Waals surface area contributed by atoms with Crippen molar-refractivity contribution in [2.75, 3.05) is 6.54 Å². The van der Waals surface area contributed by atoms with Crippen molar-refractivity contribution in [1.82, 2.24) is 5.32 Å². The highest BCUT2D eigenvalue weighted by atomic mass is 35.5. The van der Waals surface area contributed by atoms with Crippen molar-refractivity contribution in [2.24, 2.45) is 0 Å². The lowest BCUT2D eigenvalue weighted by Crippen LogP contribution is -2.21. The predicted molar refractivity (Wildman–Crippen MR) is 93.0 cm³/mol. The second-order valence-electron chi connectivity index (χ2n) is 5.50. The van der Waals surface area contributed by atoms with E-state index in [1.165, 1.54) is 16.7 Å². The van der Waals surface area contributed by atoms with Crippen molar-refractivity contribution in [3.8, 4) is 11.1 Å². The van der Waals surface area contributed by atoms with Gasteiger partial charge in [0.15, 0.2) is 0 Å². The van der Waals surface area contributed by atoms with Crippen LogP contribution in [0.4, 0.5) is 0 Å². The smallest absolute Gasteiger partial charge is 0.0441 e. The van der Waals surface area contributed by atoms with Crippen LogP contribution in [0.25, 0.3) is 11.1 Å². The first-order valence-corrected chi connectivity index (χ1v) is 8.13. The van der Waals surface area contributed by atoms with Crippen LogP contribution >= 0.6 is 11.6 Å². The summed E-state index contributed by atoms with van der Waals surface area (Å²) in [7, 11) is 0. The molecule has 1 nitrogen and oxygen atoms in total. The molecule has 1 N–H and O–H groups in total. The number of benzene rings is 2. The summed E-state index contributed by atoms with van der Waals surface area (Å²) in [5.74, 6) is 0. The third kappa shape index (κ3) is 4.09. The van der Waals surface area contributed by atoms with Crippen LogP contribution in [0.3, 0.4) is 0 Å². The van der Waals surface area contributed by atoms with E-state index in [0.29, 0.717) is 6.04 Å². The summed E-state index contributed by atoms with van der Waals surface area (Å²) < 4.78 is 0. The zero-order chi connectivity index (χ0) is 15.2. The van der Waals surface area contributed by atoms with Gasteiger partial charge in [0.25, 0.3) is 0 Å². The largest absolute Gasteiger partial charge is 0.310 e. The zero-order valence-corrected chi connectivity index (χ0v) is 13.9. The van der Waals surface area contributed by atoms with Gasteiger partial charge >= 0.3 is 0 Å². The molecule has 0 amide bonds. The topological polar surface area (TPSA) is 12.0 Å². The minimum absolute atomic E-state index is 0.422. The van der Waals surface area contributed by atoms with Crippen molar-refractivity contribution < 1.29 is 0 Å². The van der Waals surface area contributed by atoms with E-state index in [9.17, 15) is 0 Å². The van der Waals surface area contributed by atoms with E-state index >= 15 is 0 Å². The molecule has 0 aliphatic rings. The van der Waals surface area contributed by atoms with E-state index in [2.05, 4.69) is 61.6 Å². The third-order valence-corrected chi connectivity index (χ3v) is 4.25. The maximum atomic E-state index is 6.25. The van der Waals surface area contributed by atoms with Crippen LogP contribution < -0.4 is 5.32 Å². The Morgan fingerprint density at radius 3 is 2.48 bits per heavy atom. The Labute approximate surface area is 133 Å². The molecule has 0 aliphatic heterocycles. The fourth-order valence-corrected chi connectivity index (χ4v) is 2.70. The Hall–Kier alpha value is -1.31. The molecule has 0 spiro atoms. The zero-order valence-electron chi connectivity index (χ0n) is 13.1. The van der Waals surface area contributed by atoms with Crippen LogP contribution in [-0.2, 0) is 0 Å². The first-order valence-electron chi connectivity index (χ1n) is 7.75.